The largest absolute Gasteiger partial charge is 0.389 e. The van der Waals surface area contributed by atoms with Gasteiger partial charge >= 0.3 is 0 Å². The fourth-order valence-electron chi connectivity index (χ4n) is 2.24. The topological polar surface area (TPSA) is 35.5 Å². The number of hydrogen-bond acceptors (Lipinski definition) is 3. The lowest BCUT2D eigenvalue weighted by Crippen LogP contribution is -2.39. The number of nitrogens with one attached hydrogen (secondary N) is 1. The Hall–Kier alpha value is -0.770. The van der Waals surface area contributed by atoms with Gasteiger partial charge in [0.1, 0.15) is 0 Å². The van der Waals surface area contributed by atoms with Crippen molar-refractivity contribution in [2.75, 3.05) is 24.5 Å². The van der Waals surface area contributed by atoms with E-state index in [2.05, 4.69) is 24.1 Å². The molecule has 0 spiro atoms. The third-order valence-electron chi connectivity index (χ3n) is 3.08. The number of anilines is 1. The highest BCUT2D eigenvalue weighted by atomic mass is 35.5. The van der Waals surface area contributed by atoms with E-state index in [1.807, 2.05) is 32.0 Å². The van der Waals surface area contributed by atoms with Gasteiger partial charge in [-0.25, -0.2) is 0 Å². The maximum absolute atomic E-state index is 10.1. The van der Waals surface area contributed by atoms with Gasteiger partial charge in [-0.05, 0) is 57.5 Å². The van der Waals surface area contributed by atoms with Crippen LogP contribution in [0.25, 0.3) is 0 Å². The Morgan fingerprint density at radius 1 is 1.30 bits per heavy atom. The summed E-state index contributed by atoms with van der Waals surface area (Å²) in [5.41, 5.74) is 1.60. The van der Waals surface area contributed by atoms with E-state index in [-0.39, 0.29) is 0 Å². The number of benzene rings is 1. The van der Waals surface area contributed by atoms with E-state index in [0.717, 1.165) is 36.8 Å². The van der Waals surface area contributed by atoms with Crippen LogP contribution in [0.1, 0.15) is 39.7 Å². The first-order valence-electron chi connectivity index (χ1n) is 7.34. The molecular weight excluding hydrogens is 272 g/mol. The highest BCUT2D eigenvalue weighted by molar-refractivity contribution is 6.30. The molecule has 114 valence electrons. The molecule has 0 atom stereocenters. The van der Waals surface area contributed by atoms with Crippen molar-refractivity contribution >= 4 is 17.3 Å². The van der Waals surface area contributed by atoms with Gasteiger partial charge in [-0.3, -0.25) is 0 Å². The van der Waals surface area contributed by atoms with Crippen molar-refractivity contribution in [2.45, 2.75) is 46.3 Å². The van der Waals surface area contributed by atoms with Crippen LogP contribution < -0.4 is 10.2 Å². The number of likely N-dealkylation sites (N-methyl/N-ethyl adjacent to an activating group) is 1. The Labute approximate surface area is 127 Å². The van der Waals surface area contributed by atoms with Crippen LogP contribution in [0.15, 0.2) is 18.2 Å². The minimum Gasteiger partial charge on any atom is -0.389 e. The fourth-order valence-corrected chi connectivity index (χ4v) is 2.43. The van der Waals surface area contributed by atoms with E-state index >= 15 is 0 Å². The van der Waals surface area contributed by atoms with Gasteiger partial charge in [0.2, 0.25) is 0 Å². The van der Waals surface area contributed by atoms with Gasteiger partial charge in [0.15, 0.2) is 0 Å². The molecule has 20 heavy (non-hydrogen) atoms. The van der Waals surface area contributed by atoms with Gasteiger partial charge in [-0.15, -0.1) is 0 Å². The van der Waals surface area contributed by atoms with Crippen LogP contribution in [0.2, 0.25) is 5.02 Å². The Bertz CT molecular complexity index is 415. The maximum Gasteiger partial charge on any atom is 0.0765 e. The summed E-state index contributed by atoms with van der Waals surface area (Å²) >= 11 is 6.11. The zero-order valence-corrected chi connectivity index (χ0v) is 13.8. The standard InChI is InChI=1S/C16H27ClN2O/c1-5-9-18-11-13-10-14(17)7-8-15(13)19(6-2)12-16(3,4)20/h7-8,10,18,20H,5-6,9,11-12H2,1-4H3. The minimum atomic E-state index is -0.718. The van der Waals surface area contributed by atoms with E-state index in [1.165, 1.54) is 5.56 Å². The summed E-state index contributed by atoms with van der Waals surface area (Å²) in [4.78, 5) is 2.19. The second-order valence-electron chi connectivity index (χ2n) is 5.78. The SMILES string of the molecule is CCCNCc1cc(Cl)ccc1N(CC)CC(C)(C)O. The summed E-state index contributed by atoms with van der Waals surface area (Å²) < 4.78 is 0. The van der Waals surface area contributed by atoms with Crippen LogP contribution in [-0.2, 0) is 6.54 Å². The van der Waals surface area contributed by atoms with Crippen LogP contribution >= 0.6 is 11.6 Å². The molecule has 1 rings (SSSR count). The van der Waals surface area contributed by atoms with Crippen LogP contribution in [0, 0.1) is 0 Å². The molecule has 4 heteroatoms. The second kappa shape index (κ2) is 7.87. The van der Waals surface area contributed by atoms with Gasteiger partial charge in [-0.1, -0.05) is 18.5 Å². The Kier molecular flexibility index (Phi) is 6.80. The molecule has 0 aliphatic carbocycles. The summed E-state index contributed by atoms with van der Waals surface area (Å²) in [6.07, 6.45) is 1.11. The molecule has 0 saturated heterocycles. The Morgan fingerprint density at radius 2 is 2.00 bits per heavy atom. The Morgan fingerprint density at radius 3 is 2.55 bits per heavy atom. The van der Waals surface area contributed by atoms with E-state index < -0.39 is 5.60 Å². The van der Waals surface area contributed by atoms with Crippen molar-refractivity contribution in [1.29, 1.82) is 0 Å². The highest BCUT2D eigenvalue weighted by Gasteiger charge is 2.19. The van der Waals surface area contributed by atoms with Gasteiger partial charge in [0.25, 0.3) is 0 Å². The molecule has 0 radical (unpaired) electrons. The predicted octanol–water partition coefficient (Wildman–Crippen LogP) is 3.44. The van der Waals surface area contributed by atoms with E-state index in [1.54, 1.807) is 0 Å². The van der Waals surface area contributed by atoms with Gasteiger partial charge in [0, 0.05) is 30.3 Å². The summed E-state index contributed by atoms with van der Waals surface area (Å²) in [7, 11) is 0. The first-order valence-corrected chi connectivity index (χ1v) is 7.71. The Balaban J connectivity index is 2.95. The van der Waals surface area contributed by atoms with E-state index in [0.29, 0.717) is 6.54 Å². The lowest BCUT2D eigenvalue weighted by atomic mass is 10.1. The zero-order chi connectivity index (χ0) is 15.2. The van der Waals surface area contributed by atoms with Crippen molar-refractivity contribution in [2.24, 2.45) is 0 Å². The first-order chi connectivity index (χ1) is 9.37. The first kappa shape index (κ1) is 17.3. The quantitative estimate of drug-likeness (QED) is 0.722. The summed E-state index contributed by atoms with van der Waals surface area (Å²) in [6, 6.07) is 5.96. The van der Waals surface area contributed by atoms with Crippen LogP contribution in [0.5, 0.6) is 0 Å². The zero-order valence-electron chi connectivity index (χ0n) is 13.0. The number of nitrogens with zero attached hydrogens (tertiary/aromatic N) is 1. The minimum absolute atomic E-state index is 0.603. The molecule has 0 aromatic heterocycles. The number of aliphatic hydroxyl groups is 1. The summed E-state index contributed by atoms with van der Waals surface area (Å²) in [5.74, 6) is 0. The van der Waals surface area contributed by atoms with Crippen LogP contribution in [-0.4, -0.2) is 30.3 Å². The third-order valence-corrected chi connectivity index (χ3v) is 3.32. The third kappa shape index (κ3) is 5.70. The molecule has 1 aromatic rings. The van der Waals surface area contributed by atoms with Crippen molar-refractivity contribution in [1.82, 2.24) is 5.32 Å². The molecule has 1 aromatic carbocycles. The smallest absolute Gasteiger partial charge is 0.0765 e. The molecule has 0 aliphatic rings. The van der Waals surface area contributed by atoms with Gasteiger partial charge < -0.3 is 15.3 Å². The molecule has 2 N–H and O–H groups in total. The lowest BCUT2D eigenvalue weighted by Gasteiger charge is -2.31. The normalized spacial score (nSPS) is 11.7. The molecule has 3 nitrogen and oxygen atoms in total. The second-order valence-corrected chi connectivity index (χ2v) is 6.21. The van der Waals surface area contributed by atoms with Gasteiger partial charge in [-0.2, -0.15) is 0 Å². The summed E-state index contributed by atoms with van der Waals surface area (Å²) in [6.45, 7) is 11.2. The number of halogens is 1. The van der Waals surface area contributed by atoms with Crippen LogP contribution in [0.4, 0.5) is 5.69 Å². The van der Waals surface area contributed by atoms with E-state index in [9.17, 15) is 5.11 Å². The molecule has 0 fully saturated rings. The molecule has 0 amide bonds. The van der Waals surface area contributed by atoms with E-state index in [4.69, 9.17) is 11.6 Å². The molecule has 0 heterocycles. The lowest BCUT2D eigenvalue weighted by molar-refractivity contribution is 0.0875. The molecular formula is C16H27ClN2O. The summed E-state index contributed by atoms with van der Waals surface area (Å²) in [5, 5.41) is 14.2. The van der Waals surface area contributed by atoms with Crippen LogP contribution in [0.3, 0.4) is 0 Å². The molecule has 0 unspecified atom stereocenters. The van der Waals surface area contributed by atoms with Crippen molar-refractivity contribution in [3.05, 3.63) is 28.8 Å². The molecule has 0 aliphatic heterocycles. The van der Waals surface area contributed by atoms with Crippen molar-refractivity contribution < 1.29 is 5.11 Å². The monoisotopic (exact) mass is 298 g/mol. The average molecular weight is 299 g/mol. The van der Waals surface area contributed by atoms with Gasteiger partial charge in [0.05, 0.1) is 5.60 Å². The molecule has 0 saturated carbocycles. The highest BCUT2D eigenvalue weighted by Crippen LogP contribution is 2.25. The van der Waals surface area contributed by atoms with Crippen molar-refractivity contribution in [3.63, 3.8) is 0 Å². The fraction of sp³-hybridized carbons (Fsp3) is 0.625. The number of hydrogen-bond donors (Lipinski definition) is 2. The van der Waals surface area contributed by atoms with Crippen molar-refractivity contribution in [3.8, 4) is 0 Å². The predicted molar refractivity (Wildman–Crippen MR) is 87.6 cm³/mol. The average Bonchev–Trinajstić information content (AvgIpc) is 2.36. The maximum atomic E-state index is 10.1. The number of rotatable bonds is 8. The molecule has 0 bridgehead atoms.